The summed E-state index contributed by atoms with van der Waals surface area (Å²) in [6, 6.07) is 46.7. The lowest BCUT2D eigenvalue weighted by atomic mass is 10.1. The van der Waals surface area contributed by atoms with Crippen LogP contribution in [0.25, 0.3) is 54.4 Å². The van der Waals surface area contributed by atoms with Crippen molar-refractivity contribution in [3.63, 3.8) is 0 Å². The van der Waals surface area contributed by atoms with Gasteiger partial charge in [0.1, 0.15) is 17.0 Å². The first-order valence-corrected chi connectivity index (χ1v) is 12.8. The second kappa shape index (κ2) is 8.19. The van der Waals surface area contributed by atoms with Crippen molar-refractivity contribution >= 4 is 71.6 Å². The minimum Gasteiger partial charge on any atom is -0.456 e. The zero-order chi connectivity index (χ0) is 25.1. The van der Waals surface area contributed by atoms with Crippen molar-refractivity contribution in [3.05, 3.63) is 133 Å². The van der Waals surface area contributed by atoms with Gasteiger partial charge >= 0.3 is 0 Å². The third-order valence-electron chi connectivity index (χ3n) is 7.39. The molecule has 0 aliphatic heterocycles. The van der Waals surface area contributed by atoms with Crippen LogP contribution in [0.2, 0.25) is 0 Å². The Hall–Kier alpha value is -5.15. The number of para-hydroxylation sites is 1. The van der Waals surface area contributed by atoms with Crippen LogP contribution in [0.15, 0.2) is 138 Å². The second-order valence-corrected chi connectivity index (χ2v) is 9.71. The van der Waals surface area contributed by atoms with E-state index in [1.54, 1.807) is 0 Å². The molecule has 2 aromatic heterocycles. The molecular formula is C35H22N2O. The smallest absolute Gasteiger partial charge is 0.138 e. The molecule has 178 valence electrons. The van der Waals surface area contributed by atoms with Gasteiger partial charge in [-0.1, -0.05) is 72.8 Å². The molecule has 0 bridgehead atoms. The van der Waals surface area contributed by atoms with Gasteiger partial charge < -0.3 is 4.42 Å². The maximum absolute atomic E-state index is 6.42. The van der Waals surface area contributed by atoms with E-state index in [1.165, 1.54) is 21.5 Å². The summed E-state index contributed by atoms with van der Waals surface area (Å²) in [5.74, 6) is 0.861. The molecule has 3 heteroatoms. The highest BCUT2D eigenvalue weighted by atomic mass is 16.3. The van der Waals surface area contributed by atoms with Crippen LogP contribution in [0.5, 0.6) is 0 Å². The van der Waals surface area contributed by atoms with Gasteiger partial charge in [-0.15, -0.1) is 0 Å². The molecule has 0 aliphatic rings. The predicted molar refractivity (Wildman–Crippen MR) is 159 cm³/mol. The number of pyridine rings is 1. The van der Waals surface area contributed by atoms with E-state index < -0.39 is 0 Å². The summed E-state index contributed by atoms with van der Waals surface area (Å²) in [5, 5.41) is 8.15. The molecule has 3 nitrogen and oxygen atoms in total. The highest BCUT2D eigenvalue weighted by Crippen LogP contribution is 2.39. The molecule has 8 rings (SSSR count). The normalized spacial score (nSPS) is 11.7. The average Bonchev–Trinajstić information content (AvgIpc) is 3.32. The van der Waals surface area contributed by atoms with Crippen molar-refractivity contribution in [1.82, 2.24) is 4.98 Å². The van der Waals surface area contributed by atoms with Gasteiger partial charge in [0.2, 0.25) is 0 Å². The average molecular weight is 487 g/mol. The van der Waals surface area contributed by atoms with E-state index in [2.05, 4.69) is 126 Å². The standard InChI is InChI=1S/C35H22N2O/c1-2-9-25-19-28(15-13-23(25)7-1)37(35-18-14-24-8-5-6-12-32(24)36-35)29-16-17-30-31-20-26-10-3-4-11-27(26)21-33(31)38-34(30)22-29/h1-22H. The quantitative estimate of drug-likeness (QED) is 0.249. The minimum atomic E-state index is 0.861. The lowest BCUT2D eigenvalue weighted by Gasteiger charge is -2.25. The highest BCUT2D eigenvalue weighted by molar-refractivity contribution is 6.10. The van der Waals surface area contributed by atoms with E-state index in [-0.39, 0.29) is 0 Å². The van der Waals surface area contributed by atoms with Crippen molar-refractivity contribution in [2.45, 2.75) is 0 Å². The highest BCUT2D eigenvalue weighted by Gasteiger charge is 2.17. The number of furan rings is 1. The molecular weight excluding hydrogens is 464 g/mol. The Bertz CT molecular complexity index is 2080. The van der Waals surface area contributed by atoms with Gasteiger partial charge in [0.15, 0.2) is 0 Å². The van der Waals surface area contributed by atoms with Crippen LogP contribution in [0.1, 0.15) is 0 Å². The molecule has 0 spiro atoms. The number of anilines is 3. The van der Waals surface area contributed by atoms with Crippen molar-refractivity contribution in [2.75, 3.05) is 4.90 Å². The summed E-state index contributed by atoms with van der Waals surface area (Å²) < 4.78 is 6.42. The molecule has 8 aromatic rings. The van der Waals surface area contributed by atoms with E-state index in [0.29, 0.717) is 0 Å². The summed E-state index contributed by atoms with van der Waals surface area (Å²) >= 11 is 0. The number of rotatable bonds is 3. The maximum atomic E-state index is 6.42. The number of hydrogen-bond acceptors (Lipinski definition) is 3. The molecule has 0 amide bonds. The van der Waals surface area contributed by atoms with Gasteiger partial charge in [0.05, 0.1) is 11.2 Å². The maximum Gasteiger partial charge on any atom is 0.138 e. The lowest BCUT2D eigenvalue weighted by Crippen LogP contribution is -2.11. The Balaban J connectivity index is 1.35. The summed E-state index contributed by atoms with van der Waals surface area (Å²) in [4.78, 5) is 7.27. The van der Waals surface area contributed by atoms with Crippen molar-refractivity contribution in [1.29, 1.82) is 0 Å². The summed E-state index contributed by atoms with van der Waals surface area (Å²) in [5.41, 5.74) is 4.77. The van der Waals surface area contributed by atoms with Gasteiger partial charge in [0.25, 0.3) is 0 Å². The van der Waals surface area contributed by atoms with E-state index >= 15 is 0 Å². The van der Waals surface area contributed by atoms with Crippen LogP contribution in [0.4, 0.5) is 17.2 Å². The number of aromatic nitrogens is 1. The van der Waals surface area contributed by atoms with Gasteiger partial charge in [-0.3, -0.25) is 4.90 Å². The molecule has 6 aromatic carbocycles. The minimum absolute atomic E-state index is 0.861. The fourth-order valence-corrected chi connectivity index (χ4v) is 5.50. The second-order valence-electron chi connectivity index (χ2n) is 9.71. The zero-order valence-corrected chi connectivity index (χ0v) is 20.5. The van der Waals surface area contributed by atoms with Crippen LogP contribution in [0.3, 0.4) is 0 Å². The fraction of sp³-hybridized carbons (Fsp3) is 0. The van der Waals surface area contributed by atoms with Crippen molar-refractivity contribution in [2.24, 2.45) is 0 Å². The monoisotopic (exact) mass is 486 g/mol. The van der Waals surface area contributed by atoms with E-state index in [4.69, 9.17) is 9.40 Å². The summed E-state index contributed by atoms with van der Waals surface area (Å²) in [6.07, 6.45) is 0. The Morgan fingerprint density at radius 2 is 1.05 bits per heavy atom. The molecule has 0 saturated heterocycles. The zero-order valence-electron chi connectivity index (χ0n) is 20.5. The molecule has 0 aliphatic carbocycles. The van der Waals surface area contributed by atoms with Gasteiger partial charge in [0, 0.05) is 27.9 Å². The first-order valence-electron chi connectivity index (χ1n) is 12.8. The Morgan fingerprint density at radius 3 is 1.89 bits per heavy atom. The third kappa shape index (κ3) is 3.33. The molecule has 0 atom stereocenters. The van der Waals surface area contributed by atoms with E-state index in [1.807, 2.05) is 12.1 Å². The number of nitrogens with zero attached hydrogens (tertiary/aromatic N) is 2. The molecule has 0 N–H and O–H groups in total. The summed E-state index contributed by atoms with van der Waals surface area (Å²) in [6.45, 7) is 0. The lowest BCUT2D eigenvalue weighted by molar-refractivity contribution is 0.669. The van der Waals surface area contributed by atoms with Crippen LogP contribution in [-0.4, -0.2) is 4.98 Å². The van der Waals surface area contributed by atoms with Crippen LogP contribution < -0.4 is 4.90 Å². The fourth-order valence-electron chi connectivity index (χ4n) is 5.50. The third-order valence-corrected chi connectivity index (χ3v) is 7.39. The topological polar surface area (TPSA) is 29.3 Å². The number of fused-ring (bicyclic) bond motifs is 6. The van der Waals surface area contributed by atoms with E-state index in [0.717, 1.165) is 50.0 Å². The predicted octanol–water partition coefficient (Wildman–Crippen LogP) is 9.91. The van der Waals surface area contributed by atoms with Crippen molar-refractivity contribution in [3.8, 4) is 0 Å². The molecule has 0 radical (unpaired) electrons. The molecule has 0 fully saturated rings. The molecule has 0 saturated carbocycles. The Morgan fingerprint density at radius 1 is 0.447 bits per heavy atom. The Labute approximate surface area is 219 Å². The summed E-state index contributed by atoms with van der Waals surface area (Å²) in [7, 11) is 0. The van der Waals surface area contributed by atoms with Gasteiger partial charge in [-0.25, -0.2) is 4.98 Å². The molecule has 2 heterocycles. The molecule has 0 unspecified atom stereocenters. The largest absolute Gasteiger partial charge is 0.456 e. The van der Waals surface area contributed by atoms with Gasteiger partial charge in [-0.05, 0) is 76.1 Å². The van der Waals surface area contributed by atoms with Crippen LogP contribution in [-0.2, 0) is 0 Å². The van der Waals surface area contributed by atoms with Crippen molar-refractivity contribution < 1.29 is 4.42 Å². The first-order chi connectivity index (χ1) is 18.8. The SMILES string of the molecule is c1ccc2cc(N(c3ccc4c(c3)oc3cc5ccccc5cc34)c3ccc4ccccc4n3)ccc2c1. The van der Waals surface area contributed by atoms with Crippen LogP contribution >= 0.6 is 0 Å². The number of hydrogen-bond donors (Lipinski definition) is 0. The first kappa shape index (κ1) is 21.0. The van der Waals surface area contributed by atoms with E-state index in [9.17, 15) is 0 Å². The van der Waals surface area contributed by atoms with Crippen LogP contribution in [0, 0.1) is 0 Å². The van der Waals surface area contributed by atoms with Gasteiger partial charge in [-0.2, -0.15) is 0 Å². The Kier molecular flexibility index (Phi) is 4.52. The number of benzene rings is 6. The molecule has 38 heavy (non-hydrogen) atoms.